The van der Waals surface area contributed by atoms with Gasteiger partial charge in [-0.25, -0.2) is 0 Å². The predicted molar refractivity (Wildman–Crippen MR) is 57.7 cm³/mol. The Labute approximate surface area is 87.2 Å². The van der Waals surface area contributed by atoms with Gasteiger partial charge in [0, 0.05) is 35.7 Å². The Hall–Kier alpha value is 0.160. The lowest BCUT2D eigenvalue weighted by molar-refractivity contribution is 0.165. The molecule has 12 heavy (non-hydrogen) atoms. The number of piperidine rings is 1. The molecule has 0 bridgehead atoms. The van der Waals surface area contributed by atoms with Crippen LogP contribution in [0.5, 0.6) is 0 Å². The van der Waals surface area contributed by atoms with Gasteiger partial charge in [-0.1, -0.05) is 0 Å². The van der Waals surface area contributed by atoms with E-state index in [9.17, 15) is 4.79 Å². The predicted octanol–water partition coefficient (Wildman–Crippen LogP) is 1.57. The molecule has 0 unspecified atom stereocenters. The molecule has 3 nitrogen and oxygen atoms in total. The maximum atomic E-state index is 11.0. The Balaban J connectivity index is 2.39. The van der Waals surface area contributed by atoms with Gasteiger partial charge in [-0.3, -0.25) is 4.79 Å². The molecule has 0 aromatic heterocycles. The first-order chi connectivity index (χ1) is 5.61. The van der Waals surface area contributed by atoms with Gasteiger partial charge in [0.1, 0.15) is 0 Å². The van der Waals surface area contributed by atoms with E-state index in [4.69, 9.17) is 0 Å². The highest BCUT2D eigenvalue weighted by atomic mass is 127. The lowest BCUT2D eigenvalue weighted by Gasteiger charge is -2.34. The normalized spacial score (nSPS) is 20.9. The number of halogens is 1. The largest absolute Gasteiger partial charge is 0.334 e. The smallest absolute Gasteiger partial charge is 0.283 e. The Morgan fingerprint density at radius 3 is 2.42 bits per heavy atom. The Morgan fingerprint density at radius 2 is 2.00 bits per heavy atom. The SMILES string of the molecule is CN1CCC(N(C)C(=O)I)CC1. The third-order valence-electron chi connectivity index (χ3n) is 2.51. The molecule has 1 fully saturated rings. The molecule has 0 spiro atoms. The Bertz CT molecular complexity index is 166. The zero-order valence-electron chi connectivity index (χ0n) is 7.59. The van der Waals surface area contributed by atoms with Gasteiger partial charge in [-0.2, -0.15) is 0 Å². The first-order valence-corrected chi connectivity index (χ1v) is 5.30. The Morgan fingerprint density at radius 1 is 1.50 bits per heavy atom. The summed E-state index contributed by atoms with van der Waals surface area (Å²) in [6.07, 6.45) is 2.23. The number of nitrogens with zero attached hydrogens (tertiary/aromatic N) is 2. The summed E-state index contributed by atoms with van der Waals surface area (Å²) in [6, 6.07) is 0.464. The van der Waals surface area contributed by atoms with E-state index in [-0.39, 0.29) is 3.91 Å². The third kappa shape index (κ3) is 2.58. The third-order valence-corrected chi connectivity index (χ3v) is 3.27. The first-order valence-electron chi connectivity index (χ1n) is 4.22. The standard InChI is InChI=1S/C8H15IN2O/c1-10-5-3-7(4-6-10)11(2)8(9)12/h7H,3-6H2,1-2H3. The van der Waals surface area contributed by atoms with Gasteiger partial charge in [0.05, 0.1) is 0 Å². The summed E-state index contributed by atoms with van der Waals surface area (Å²) in [5, 5.41) is 0. The number of carbonyl (C=O) groups excluding carboxylic acids is 1. The first kappa shape index (κ1) is 10.2. The topological polar surface area (TPSA) is 23.6 Å². The monoisotopic (exact) mass is 282 g/mol. The van der Waals surface area contributed by atoms with Gasteiger partial charge in [0.2, 0.25) is 0 Å². The van der Waals surface area contributed by atoms with Crippen LogP contribution in [0, 0.1) is 0 Å². The van der Waals surface area contributed by atoms with Crippen LogP contribution in [0.25, 0.3) is 0 Å². The van der Waals surface area contributed by atoms with Crippen LogP contribution in [0.4, 0.5) is 4.79 Å². The minimum atomic E-state index is 0.155. The average Bonchev–Trinajstić information content (AvgIpc) is 2.04. The molecule has 1 rings (SSSR count). The quantitative estimate of drug-likeness (QED) is 0.414. The van der Waals surface area contributed by atoms with Crippen LogP contribution in [0.2, 0.25) is 0 Å². The lowest BCUT2D eigenvalue weighted by Crippen LogP contribution is -2.42. The molecular formula is C8H15IN2O. The molecule has 4 heteroatoms. The summed E-state index contributed by atoms with van der Waals surface area (Å²) >= 11 is 1.85. The number of hydrogen-bond acceptors (Lipinski definition) is 2. The van der Waals surface area contributed by atoms with Gasteiger partial charge < -0.3 is 9.80 Å². The second kappa shape index (κ2) is 4.41. The molecule has 1 heterocycles. The molecule has 0 saturated carbocycles. The van der Waals surface area contributed by atoms with E-state index >= 15 is 0 Å². The van der Waals surface area contributed by atoms with Crippen LogP contribution in [-0.4, -0.2) is 46.9 Å². The van der Waals surface area contributed by atoms with Crippen LogP contribution in [0.15, 0.2) is 0 Å². The molecule has 0 aromatic carbocycles. The van der Waals surface area contributed by atoms with Crippen LogP contribution in [-0.2, 0) is 0 Å². The van der Waals surface area contributed by atoms with Gasteiger partial charge in [-0.05, 0) is 33.0 Å². The maximum absolute atomic E-state index is 11.0. The number of hydrogen-bond donors (Lipinski definition) is 0. The van der Waals surface area contributed by atoms with E-state index in [2.05, 4.69) is 11.9 Å². The zero-order valence-corrected chi connectivity index (χ0v) is 9.74. The molecule has 1 aliphatic heterocycles. The number of rotatable bonds is 1. The van der Waals surface area contributed by atoms with Crippen molar-refractivity contribution in [3.05, 3.63) is 0 Å². The molecule has 0 aromatic rings. The molecule has 1 amide bonds. The van der Waals surface area contributed by atoms with E-state index in [1.54, 1.807) is 0 Å². The highest BCUT2D eigenvalue weighted by Gasteiger charge is 2.22. The van der Waals surface area contributed by atoms with Crippen LogP contribution in [0.3, 0.4) is 0 Å². The molecular weight excluding hydrogens is 267 g/mol. The number of carbonyl (C=O) groups is 1. The van der Waals surface area contributed by atoms with E-state index in [0.29, 0.717) is 6.04 Å². The summed E-state index contributed by atoms with van der Waals surface area (Å²) in [7, 11) is 4.02. The highest BCUT2D eigenvalue weighted by Crippen LogP contribution is 2.15. The van der Waals surface area contributed by atoms with Crippen molar-refractivity contribution in [2.24, 2.45) is 0 Å². The van der Waals surface area contributed by atoms with Crippen molar-refractivity contribution in [1.82, 2.24) is 9.80 Å². The van der Waals surface area contributed by atoms with Gasteiger partial charge >= 0.3 is 0 Å². The maximum Gasteiger partial charge on any atom is 0.283 e. The minimum absolute atomic E-state index is 0.155. The molecule has 70 valence electrons. The molecule has 1 aliphatic rings. The molecule has 1 saturated heterocycles. The lowest BCUT2D eigenvalue weighted by atomic mass is 10.1. The summed E-state index contributed by atoms with van der Waals surface area (Å²) in [5.41, 5.74) is 0. The van der Waals surface area contributed by atoms with Crippen molar-refractivity contribution < 1.29 is 4.79 Å². The molecule has 0 radical (unpaired) electrons. The van der Waals surface area contributed by atoms with E-state index < -0.39 is 0 Å². The van der Waals surface area contributed by atoms with Crippen molar-refractivity contribution in [3.8, 4) is 0 Å². The number of likely N-dealkylation sites (tertiary alicyclic amines) is 1. The summed E-state index contributed by atoms with van der Waals surface area (Å²) in [6.45, 7) is 2.22. The molecule has 0 aliphatic carbocycles. The van der Waals surface area contributed by atoms with E-state index in [1.165, 1.54) is 0 Å². The Kier molecular flexibility index (Phi) is 3.77. The molecule has 0 N–H and O–H groups in total. The highest BCUT2D eigenvalue weighted by molar-refractivity contribution is 14.1. The molecule has 0 atom stereocenters. The van der Waals surface area contributed by atoms with E-state index in [0.717, 1.165) is 25.9 Å². The van der Waals surface area contributed by atoms with Gasteiger partial charge in [0.25, 0.3) is 3.91 Å². The average molecular weight is 282 g/mol. The van der Waals surface area contributed by atoms with Gasteiger partial charge in [0.15, 0.2) is 0 Å². The number of amides is 1. The van der Waals surface area contributed by atoms with Gasteiger partial charge in [-0.15, -0.1) is 0 Å². The second-order valence-electron chi connectivity index (χ2n) is 3.40. The van der Waals surface area contributed by atoms with Crippen molar-refractivity contribution in [1.29, 1.82) is 0 Å². The fraction of sp³-hybridized carbons (Fsp3) is 0.875. The summed E-state index contributed by atoms with van der Waals surface area (Å²) < 4.78 is 0.155. The minimum Gasteiger partial charge on any atom is -0.334 e. The van der Waals surface area contributed by atoms with E-state index in [1.807, 2.05) is 34.5 Å². The fourth-order valence-corrected chi connectivity index (χ4v) is 1.92. The van der Waals surface area contributed by atoms with Crippen molar-refractivity contribution in [2.45, 2.75) is 18.9 Å². The summed E-state index contributed by atoms with van der Waals surface area (Å²) in [5.74, 6) is 0. The van der Waals surface area contributed by atoms with Crippen LogP contribution < -0.4 is 0 Å². The van der Waals surface area contributed by atoms with Crippen LogP contribution >= 0.6 is 22.6 Å². The summed E-state index contributed by atoms with van der Waals surface area (Å²) in [4.78, 5) is 15.2. The second-order valence-corrected chi connectivity index (χ2v) is 4.32. The van der Waals surface area contributed by atoms with Crippen LogP contribution in [0.1, 0.15) is 12.8 Å². The van der Waals surface area contributed by atoms with Crippen molar-refractivity contribution in [3.63, 3.8) is 0 Å². The zero-order chi connectivity index (χ0) is 9.14. The van der Waals surface area contributed by atoms with Crippen molar-refractivity contribution >= 4 is 26.5 Å². The van der Waals surface area contributed by atoms with Crippen molar-refractivity contribution in [2.75, 3.05) is 27.2 Å². The fourth-order valence-electron chi connectivity index (χ4n) is 1.53.